The van der Waals surface area contributed by atoms with Crippen molar-refractivity contribution in [3.8, 4) is 0 Å². The lowest BCUT2D eigenvalue weighted by Crippen LogP contribution is -2.20. The first-order chi connectivity index (χ1) is 11.3. The second kappa shape index (κ2) is 6.74. The van der Waals surface area contributed by atoms with Crippen LogP contribution in [-0.2, 0) is 4.74 Å². The van der Waals surface area contributed by atoms with Crippen molar-refractivity contribution in [1.82, 2.24) is 5.32 Å². The number of nitrogens with one attached hydrogen (secondary N) is 1. The Kier molecular flexibility index (Phi) is 4.50. The van der Waals surface area contributed by atoms with Crippen LogP contribution in [0, 0.1) is 11.8 Å². The smallest absolute Gasteiger partial charge is 0.163 e. The molecule has 0 spiro atoms. The Balaban J connectivity index is 1.33. The Morgan fingerprint density at radius 1 is 1.13 bits per heavy atom. The number of benzene rings is 1. The van der Waals surface area contributed by atoms with Gasteiger partial charge in [0.1, 0.15) is 0 Å². The van der Waals surface area contributed by atoms with E-state index in [9.17, 15) is 4.79 Å². The lowest BCUT2D eigenvalue weighted by atomic mass is 9.91. The molecule has 23 heavy (non-hydrogen) atoms. The van der Waals surface area contributed by atoms with Gasteiger partial charge in [-0.15, -0.1) is 0 Å². The Hall–Kier alpha value is -1.19. The average Bonchev–Trinajstić information content (AvgIpc) is 3.48. The van der Waals surface area contributed by atoms with E-state index in [1.54, 1.807) is 0 Å². The summed E-state index contributed by atoms with van der Waals surface area (Å²) in [5, 5.41) is 3.68. The third-order valence-corrected chi connectivity index (χ3v) is 5.61. The van der Waals surface area contributed by atoms with Crippen LogP contribution in [0.25, 0.3) is 0 Å². The molecule has 2 unspecified atom stereocenters. The number of ether oxygens (including phenoxy) is 1. The fraction of sp³-hybridized carbons (Fsp3) is 0.650. The maximum atomic E-state index is 12.6. The first-order valence-corrected chi connectivity index (χ1v) is 9.24. The summed E-state index contributed by atoms with van der Waals surface area (Å²) < 4.78 is 5.38. The van der Waals surface area contributed by atoms with Crippen LogP contribution in [0.4, 0.5) is 0 Å². The third-order valence-electron chi connectivity index (χ3n) is 5.61. The van der Waals surface area contributed by atoms with Gasteiger partial charge in [0.2, 0.25) is 0 Å². The van der Waals surface area contributed by atoms with Gasteiger partial charge in [-0.05, 0) is 62.1 Å². The molecular weight excluding hydrogens is 286 g/mol. The van der Waals surface area contributed by atoms with Gasteiger partial charge in [-0.3, -0.25) is 4.79 Å². The van der Waals surface area contributed by atoms with Crippen molar-refractivity contribution in [2.75, 3.05) is 19.8 Å². The second-order valence-corrected chi connectivity index (χ2v) is 7.61. The van der Waals surface area contributed by atoms with Gasteiger partial charge in [0.25, 0.3) is 0 Å². The first kappa shape index (κ1) is 15.3. The number of carbonyl (C=O) groups excluding carboxylic acids is 1. The molecule has 1 aliphatic heterocycles. The molecule has 2 saturated carbocycles. The van der Waals surface area contributed by atoms with E-state index in [-0.39, 0.29) is 0 Å². The zero-order chi connectivity index (χ0) is 15.6. The third kappa shape index (κ3) is 4.02. The van der Waals surface area contributed by atoms with Crippen LogP contribution in [0.15, 0.2) is 24.3 Å². The van der Waals surface area contributed by atoms with Gasteiger partial charge in [0, 0.05) is 37.2 Å². The fourth-order valence-electron chi connectivity index (χ4n) is 3.70. The Morgan fingerprint density at radius 2 is 1.96 bits per heavy atom. The first-order valence-electron chi connectivity index (χ1n) is 9.24. The largest absolute Gasteiger partial charge is 0.381 e. The summed E-state index contributed by atoms with van der Waals surface area (Å²) in [6.45, 7) is 2.81. The van der Waals surface area contributed by atoms with Gasteiger partial charge in [0.05, 0.1) is 0 Å². The highest BCUT2D eigenvalue weighted by molar-refractivity contribution is 5.96. The fourth-order valence-corrected chi connectivity index (χ4v) is 3.70. The molecule has 0 radical (unpaired) electrons. The second-order valence-electron chi connectivity index (χ2n) is 7.61. The Bertz CT molecular complexity index is 561. The average molecular weight is 313 g/mol. The molecule has 4 rings (SSSR count). The van der Waals surface area contributed by atoms with E-state index < -0.39 is 0 Å². The summed E-state index contributed by atoms with van der Waals surface area (Å²) in [5.74, 6) is 2.36. The van der Waals surface area contributed by atoms with Crippen LogP contribution in [0.1, 0.15) is 60.4 Å². The number of ketones is 1. The van der Waals surface area contributed by atoms with Gasteiger partial charge >= 0.3 is 0 Å². The van der Waals surface area contributed by atoms with Crippen LogP contribution < -0.4 is 5.32 Å². The Morgan fingerprint density at radius 3 is 2.74 bits per heavy atom. The lowest BCUT2D eigenvalue weighted by molar-refractivity contribution is 0.0601. The van der Waals surface area contributed by atoms with Crippen molar-refractivity contribution in [3.63, 3.8) is 0 Å². The van der Waals surface area contributed by atoms with E-state index in [1.807, 2.05) is 6.07 Å². The zero-order valence-corrected chi connectivity index (χ0v) is 13.8. The summed E-state index contributed by atoms with van der Waals surface area (Å²) in [7, 11) is 0. The van der Waals surface area contributed by atoms with Crippen molar-refractivity contribution < 1.29 is 9.53 Å². The van der Waals surface area contributed by atoms with Gasteiger partial charge in [0.15, 0.2) is 5.78 Å². The molecule has 3 aliphatic rings. The van der Waals surface area contributed by atoms with Crippen LogP contribution in [0.2, 0.25) is 0 Å². The highest BCUT2D eigenvalue weighted by Crippen LogP contribution is 2.42. The molecule has 0 amide bonds. The summed E-state index contributed by atoms with van der Waals surface area (Å²) in [5.41, 5.74) is 2.25. The number of Topliss-reactive ketones (excluding diaryl/α,β-unsaturated/α-hetero) is 1. The summed E-state index contributed by atoms with van der Waals surface area (Å²) >= 11 is 0. The molecule has 1 aromatic rings. The molecule has 2 aliphatic carbocycles. The molecule has 2 atom stereocenters. The highest BCUT2D eigenvalue weighted by Gasteiger charge is 2.39. The van der Waals surface area contributed by atoms with Crippen LogP contribution in [0.5, 0.6) is 0 Å². The summed E-state index contributed by atoms with van der Waals surface area (Å²) in [6, 6.07) is 9.01. The minimum absolute atomic E-state index is 0.307. The summed E-state index contributed by atoms with van der Waals surface area (Å²) in [4.78, 5) is 12.6. The van der Waals surface area contributed by atoms with Crippen molar-refractivity contribution in [2.24, 2.45) is 11.8 Å². The predicted octanol–water partition coefficient (Wildman–Crippen LogP) is 3.54. The van der Waals surface area contributed by atoms with Crippen molar-refractivity contribution >= 4 is 5.78 Å². The van der Waals surface area contributed by atoms with Crippen molar-refractivity contribution in [1.29, 1.82) is 0 Å². The molecule has 3 nitrogen and oxygen atoms in total. The molecule has 0 aromatic heterocycles. The molecule has 3 heteroatoms. The minimum atomic E-state index is 0.307. The van der Waals surface area contributed by atoms with Crippen LogP contribution in [-0.4, -0.2) is 31.6 Å². The van der Waals surface area contributed by atoms with E-state index in [1.165, 1.54) is 31.4 Å². The van der Waals surface area contributed by atoms with E-state index >= 15 is 0 Å². The maximum Gasteiger partial charge on any atom is 0.163 e. The van der Waals surface area contributed by atoms with E-state index in [0.29, 0.717) is 30.1 Å². The van der Waals surface area contributed by atoms with Crippen molar-refractivity contribution in [2.45, 2.75) is 50.5 Å². The van der Waals surface area contributed by atoms with Gasteiger partial charge < -0.3 is 10.1 Å². The molecule has 1 saturated heterocycles. The number of carbonyl (C=O) groups is 1. The SMILES string of the molecule is O=C(CC1CCOCC1)c1cccc(C2CC2NCC2CC2)c1. The lowest BCUT2D eigenvalue weighted by Gasteiger charge is -2.21. The predicted molar refractivity (Wildman–Crippen MR) is 90.8 cm³/mol. The van der Waals surface area contributed by atoms with Crippen LogP contribution in [0.3, 0.4) is 0 Å². The van der Waals surface area contributed by atoms with E-state index in [2.05, 4.69) is 23.5 Å². The summed E-state index contributed by atoms with van der Waals surface area (Å²) in [6.07, 6.45) is 6.77. The topological polar surface area (TPSA) is 38.3 Å². The van der Waals surface area contributed by atoms with Crippen LogP contribution >= 0.6 is 0 Å². The monoisotopic (exact) mass is 313 g/mol. The van der Waals surface area contributed by atoms with Gasteiger partial charge in [-0.25, -0.2) is 0 Å². The number of hydrogen-bond acceptors (Lipinski definition) is 3. The quantitative estimate of drug-likeness (QED) is 0.783. The molecule has 0 bridgehead atoms. The minimum Gasteiger partial charge on any atom is -0.381 e. The van der Waals surface area contributed by atoms with E-state index in [4.69, 9.17) is 4.74 Å². The molecule has 3 fully saturated rings. The molecular formula is C20H27NO2. The normalized spacial score (nSPS) is 27.8. The Labute approximate surface area is 138 Å². The zero-order valence-electron chi connectivity index (χ0n) is 13.8. The highest BCUT2D eigenvalue weighted by atomic mass is 16.5. The maximum absolute atomic E-state index is 12.6. The van der Waals surface area contributed by atoms with Gasteiger partial charge in [-0.1, -0.05) is 18.2 Å². The molecule has 1 heterocycles. The van der Waals surface area contributed by atoms with E-state index in [0.717, 1.165) is 37.5 Å². The molecule has 124 valence electrons. The molecule has 1 aromatic carbocycles. The standard InChI is InChI=1S/C20H27NO2/c22-20(10-14-6-8-23-9-7-14)17-3-1-2-16(11-17)18-12-19(18)21-13-15-4-5-15/h1-3,11,14-15,18-19,21H,4-10,12-13H2. The molecule has 1 N–H and O–H groups in total. The number of rotatable bonds is 7. The van der Waals surface area contributed by atoms with Gasteiger partial charge in [-0.2, -0.15) is 0 Å². The van der Waals surface area contributed by atoms with Crippen molar-refractivity contribution in [3.05, 3.63) is 35.4 Å². The number of hydrogen-bond donors (Lipinski definition) is 1.